The third kappa shape index (κ3) is 4.12. The average Bonchev–Trinajstić information content (AvgIpc) is 3.16. The van der Waals surface area contributed by atoms with E-state index in [-0.39, 0.29) is 18.2 Å². The fourth-order valence-electron chi connectivity index (χ4n) is 2.22. The van der Waals surface area contributed by atoms with Crippen molar-refractivity contribution < 1.29 is 32.6 Å². The number of ether oxygens (including phenoxy) is 1. The van der Waals surface area contributed by atoms with E-state index in [1.54, 1.807) is 6.07 Å². The first-order chi connectivity index (χ1) is 10.2. The summed E-state index contributed by atoms with van der Waals surface area (Å²) in [5.74, 6) is -2.89. The monoisotopic (exact) mass is 317 g/mol. The van der Waals surface area contributed by atoms with E-state index in [1.165, 1.54) is 30.1 Å². The Labute approximate surface area is 124 Å². The Hall–Kier alpha value is -2.25. The van der Waals surface area contributed by atoms with Gasteiger partial charge < -0.3 is 14.7 Å². The predicted molar refractivity (Wildman–Crippen MR) is 68.8 cm³/mol. The first-order valence-corrected chi connectivity index (χ1v) is 6.50. The molecule has 1 aromatic rings. The quantitative estimate of drug-likeness (QED) is 0.904. The van der Waals surface area contributed by atoms with Crippen LogP contribution in [0.5, 0.6) is 5.75 Å². The second-order valence-electron chi connectivity index (χ2n) is 5.18. The topological polar surface area (TPSA) is 66.8 Å². The van der Waals surface area contributed by atoms with E-state index in [0.29, 0.717) is 12.0 Å². The van der Waals surface area contributed by atoms with Crippen LogP contribution in [0.15, 0.2) is 24.3 Å². The minimum atomic E-state index is -4.77. The molecule has 1 N–H and O–H groups in total. The number of carboxylic acid groups (broad SMARTS) is 1. The summed E-state index contributed by atoms with van der Waals surface area (Å²) < 4.78 is 40.3. The second-order valence-corrected chi connectivity index (χ2v) is 5.18. The van der Waals surface area contributed by atoms with Gasteiger partial charge in [-0.15, -0.1) is 13.2 Å². The SMILES string of the molecule is CN(Cc1cccc(OC(F)(F)F)c1)C(=O)C1CC1C(=O)O. The van der Waals surface area contributed by atoms with Gasteiger partial charge in [-0.3, -0.25) is 9.59 Å². The Kier molecular flexibility index (Phi) is 4.30. The zero-order valence-electron chi connectivity index (χ0n) is 11.6. The summed E-state index contributed by atoms with van der Waals surface area (Å²) in [4.78, 5) is 24.0. The molecule has 1 aliphatic rings. The molecule has 0 aliphatic heterocycles. The largest absolute Gasteiger partial charge is 0.573 e. The molecule has 1 amide bonds. The first kappa shape index (κ1) is 16.1. The van der Waals surface area contributed by atoms with Crippen molar-refractivity contribution in [2.24, 2.45) is 11.8 Å². The molecular formula is C14H14F3NO4. The lowest BCUT2D eigenvalue weighted by Crippen LogP contribution is -2.28. The van der Waals surface area contributed by atoms with Gasteiger partial charge in [0.2, 0.25) is 5.91 Å². The number of halogens is 3. The number of hydrogen-bond acceptors (Lipinski definition) is 3. The number of aliphatic carboxylic acids is 1. The maximum absolute atomic E-state index is 12.2. The molecular weight excluding hydrogens is 303 g/mol. The van der Waals surface area contributed by atoms with E-state index < -0.39 is 24.2 Å². The number of rotatable bonds is 5. The van der Waals surface area contributed by atoms with Gasteiger partial charge >= 0.3 is 12.3 Å². The molecule has 1 aromatic carbocycles. The van der Waals surface area contributed by atoms with Crippen LogP contribution in [0, 0.1) is 11.8 Å². The number of hydrogen-bond donors (Lipinski definition) is 1. The van der Waals surface area contributed by atoms with Crippen molar-refractivity contribution in [3.63, 3.8) is 0 Å². The highest BCUT2D eigenvalue weighted by Crippen LogP contribution is 2.40. The Bertz CT molecular complexity index is 588. The van der Waals surface area contributed by atoms with Crippen molar-refractivity contribution >= 4 is 11.9 Å². The Morgan fingerprint density at radius 2 is 2.05 bits per heavy atom. The van der Waals surface area contributed by atoms with E-state index in [9.17, 15) is 22.8 Å². The number of amides is 1. The lowest BCUT2D eigenvalue weighted by molar-refractivity contribution is -0.274. The normalized spacial score (nSPS) is 20.4. The number of carbonyl (C=O) groups is 2. The van der Waals surface area contributed by atoms with Crippen LogP contribution in [0.1, 0.15) is 12.0 Å². The van der Waals surface area contributed by atoms with Crippen molar-refractivity contribution in [2.75, 3.05) is 7.05 Å². The number of carbonyl (C=O) groups excluding carboxylic acids is 1. The van der Waals surface area contributed by atoms with E-state index in [2.05, 4.69) is 4.74 Å². The highest BCUT2D eigenvalue weighted by molar-refractivity contribution is 5.89. The zero-order chi connectivity index (χ0) is 16.5. The molecule has 2 atom stereocenters. The summed E-state index contributed by atoms with van der Waals surface area (Å²) in [6.45, 7) is 0.0801. The van der Waals surface area contributed by atoms with E-state index in [0.717, 1.165) is 0 Å². The van der Waals surface area contributed by atoms with Gasteiger partial charge in [-0.1, -0.05) is 12.1 Å². The minimum absolute atomic E-state index is 0.0801. The van der Waals surface area contributed by atoms with Crippen molar-refractivity contribution in [1.82, 2.24) is 4.90 Å². The van der Waals surface area contributed by atoms with Gasteiger partial charge in [0, 0.05) is 13.6 Å². The summed E-state index contributed by atoms with van der Waals surface area (Å²) in [6.07, 6.45) is -4.47. The molecule has 1 fully saturated rings. The van der Waals surface area contributed by atoms with Crippen LogP contribution >= 0.6 is 0 Å². The standard InChI is InChI=1S/C14H14F3NO4/c1-18(12(19)10-6-11(10)13(20)21)7-8-3-2-4-9(5-8)22-14(15,16)17/h2-5,10-11H,6-7H2,1H3,(H,20,21). The Morgan fingerprint density at radius 1 is 1.36 bits per heavy atom. The lowest BCUT2D eigenvalue weighted by atomic mass is 10.2. The summed E-state index contributed by atoms with van der Waals surface area (Å²) >= 11 is 0. The lowest BCUT2D eigenvalue weighted by Gasteiger charge is -2.18. The number of alkyl halides is 3. The van der Waals surface area contributed by atoms with Gasteiger partial charge in [0.15, 0.2) is 0 Å². The third-order valence-corrected chi connectivity index (χ3v) is 3.35. The maximum atomic E-state index is 12.2. The summed E-state index contributed by atoms with van der Waals surface area (Å²) in [5.41, 5.74) is 0.463. The first-order valence-electron chi connectivity index (χ1n) is 6.50. The number of benzene rings is 1. The highest BCUT2D eigenvalue weighted by atomic mass is 19.4. The van der Waals surface area contributed by atoms with Crippen LogP contribution in [0.4, 0.5) is 13.2 Å². The van der Waals surface area contributed by atoms with E-state index in [1.807, 2.05) is 0 Å². The molecule has 2 unspecified atom stereocenters. The molecule has 0 bridgehead atoms. The van der Waals surface area contributed by atoms with Crippen molar-refractivity contribution in [3.05, 3.63) is 29.8 Å². The van der Waals surface area contributed by atoms with E-state index >= 15 is 0 Å². The van der Waals surface area contributed by atoms with Crippen molar-refractivity contribution in [2.45, 2.75) is 19.3 Å². The van der Waals surface area contributed by atoms with Gasteiger partial charge in [-0.05, 0) is 24.1 Å². The Balaban J connectivity index is 1.97. The van der Waals surface area contributed by atoms with Crippen LogP contribution in [0.2, 0.25) is 0 Å². The predicted octanol–water partition coefficient (Wildman–Crippen LogP) is 2.26. The van der Waals surface area contributed by atoms with Crippen LogP contribution < -0.4 is 4.74 Å². The molecule has 0 heterocycles. The van der Waals surface area contributed by atoms with Crippen LogP contribution in [0.25, 0.3) is 0 Å². The molecule has 120 valence electrons. The fraction of sp³-hybridized carbons (Fsp3) is 0.429. The van der Waals surface area contributed by atoms with Gasteiger partial charge in [0.25, 0.3) is 0 Å². The zero-order valence-corrected chi connectivity index (χ0v) is 11.6. The van der Waals surface area contributed by atoms with Gasteiger partial charge in [0.05, 0.1) is 11.8 Å². The minimum Gasteiger partial charge on any atom is -0.481 e. The smallest absolute Gasteiger partial charge is 0.481 e. The van der Waals surface area contributed by atoms with E-state index in [4.69, 9.17) is 5.11 Å². The second kappa shape index (κ2) is 5.86. The molecule has 8 heteroatoms. The Morgan fingerprint density at radius 3 is 2.59 bits per heavy atom. The molecule has 0 saturated heterocycles. The number of carboxylic acids is 1. The molecule has 0 spiro atoms. The molecule has 2 rings (SSSR count). The summed E-state index contributed by atoms with van der Waals surface area (Å²) in [5, 5.41) is 8.79. The number of nitrogens with zero attached hydrogens (tertiary/aromatic N) is 1. The molecule has 5 nitrogen and oxygen atoms in total. The average molecular weight is 317 g/mol. The summed E-state index contributed by atoms with van der Waals surface area (Å²) in [7, 11) is 1.48. The van der Waals surface area contributed by atoms with Crippen molar-refractivity contribution in [3.8, 4) is 5.75 Å². The molecule has 1 saturated carbocycles. The molecule has 0 aromatic heterocycles. The van der Waals surface area contributed by atoms with Crippen molar-refractivity contribution in [1.29, 1.82) is 0 Å². The summed E-state index contributed by atoms with van der Waals surface area (Å²) in [6, 6.07) is 5.32. The van der Waals surface area contributed by atoms with Gasteiger partial charge in [-0.25, -0.2) is 0 Å². The fourth-order valence-corrected chi connectivity index (χ4v) is 2.22. The maximum Gasteiger partial charge on any atom is 0.573 e. The molecule has 1 aliphatic carbocycles. The highest BCUT2D eigenvalue weighted by Gasteiger charge is 2.49. The molecule has 0 radical (unpaired) electrons. The van der Waals surface area contributed by atoms with Crippen LogP contribution in [0.3, 0.4) is 0 Å². The molecule has 22 heavy (non-hydrogen) atoms. The van der Waals surface area contributed by atoms with Gasteiger partial charge in [0.1, 0.15) is 5.75 Å². The van der Waals surface area contributed by atoms with Crippen LogP contribution in [-0.4, -0.2) is 35.3 Å². The van der Waals surface area contributed by atoms with Crippen LogP contribution in [-0.2, 0) is 16.1 Å². The van der Waals surface area contributed by atoms with Gasteiger partial charge in [-0.2, -0.15) is 0 Å². The third-order valence-electron chi connectivity index (χ3n) is 3.35.